The van der Waals surface area contributed by atoms with Crippen LogP contribution in [0.25, 0.3) is 5.76 Å². The lowest BCUT2D eigenvalue weighted by Crippen LogP contribution is -2.31. The Morgan fingerprint density at radius 2 is 1.61 bits per heavy atom. The Hall–Kier alpha value is -3.86. The van der Waals surface area contributed by atoms with Crippen LogP contribution in [0.5, 0.6) is 5.75 Å². The fourth-order valence-electron chi connectivity index (χ4n) is 3.91. The van der Waals surface area contributed by atoms with Crippen molar-refractivity contribution < 1.29 is 19.4 Å². The number of carbonyl (C=O) groups excluding carboxylic acids is 2. The van der Waals surface area contributed by atoms with Gasteiger partial charge in [0.25, 0.3) is 11.7 Å². The molecule has 1 saturated heterocycles. The number of amides is 1. The number of Topliss-reactive ketones (excluding diaryl/α,β-unsaturated/α-hetero) is 1. The van der Waals surface area contributed by atoms with Crippen LogP contribution >= 0.6 is 0 Å². The summed E-state index contributed by atoms with van der Waals surface area (Å²) in [7, 11) is 1.56. The molecule has 31 heavy (non-hydrogen) atoms. The van der Waals surface area contributed by atoms with E-state index in [1.807, 2.05) is 48.5 Å². The van der Waals surface area contributed by atoms with Crippen molar-refractivity contribution in [1.82, 2.24) is 4.90 Å². The van der Waals surface area contributed by atoms with E-state index in [0.29, 0.717) is 29.8 Å². The molecule has 0 spiro atoms. The molecule has 3 aromatic rings. The van der Waals surface area contributed by atoms with Gasteiger partial charge in [-0.15, -0.1) is 0 Å². The number of aliphatic hydroxyl groups is 1. The Bertz CT molecular complexity index is 1120. The monoisotopic (exact) mass is 413 g/mol. The quantitative estimate of drug-likeness (QED) is 0.370. The number of ether oxygens (including phenoxy) is 1. The van der Waals surface area contributed by atoms with Gasteiger partial charge in [-0.25, -0.2) is 0 Å². The first-order chi connectivity index (χ1) is 15.1. The molecule has 0 bridgehead atoms. The minimum Gasteiger partial charge on any atom is -0.507 e. The topological polar surface area (TPSA) is 66.8 Å². The largest absolute Gasteiger partial charge is 0.507 e. The molecule has 5 nitrogen and oxygen atoms in total. The fourth-order valence-corrected chi connectivity index (χ4v) is 3.91. The number of carbonyl (C=O) groups is 2. The fraction of sp³-hybridized carbons (Fsp3) is 0.154. The Balaban J connectivity index is 1.79. The minimum absolute atomic E-state index is 0.0949. The maximum absolute atomic E-state index is 13.0. The summed E-state index contributed by atoms with van der Waals surface area (Å²) in [6, 6.07) is 25.2. The number of methoxy groups -OCH3 is 1. The number of aliphatic hydroxyl groups excluding tert-OH is 1. The van der Waals surface area contributed by atoms with E-state index >= 15 is 0 Å². The van der Waals surface area contributed by atoms with Gasteiger partial charge in [-0.05, 0) is 29.7 Å². The van der Waals surface area contributed by atoms with E-state index in [9.17, 15) is 14.7 Å². The molecule has 0 aliphatic carbocycles. The van der Waals surface area contributed by atoms with E-state index < -0.39 is 17.7 Å². The van der Waals surface area contributed by atoms with Gasteiger partial charge in [-0.1, -0.05) is 72.8 Å². The summed E-state index contributed by atoms with van der Waals surface area (Å²) < 4.78 is 5.35. The van der Waals surface area contributed by atoms with E-state index in [4.69, 9.17) is 4.74 Å². The molecule has 1 amide bonds. The van der Waals surface area contributed by atoms with Crippen LogP contribution in [-0.4, -0.2) is 35.4 Å². The number of hydrogen-bond donors (Lipinski definition) is 1. The molecular formula is C26H23NO4. The first-order valence-corrected chi connectivity index (χ1v) is 10.1. The highest BCUT2D eigenvalue weighted by Crippen LogP contribution is 2.40. The predicted molar refractivity (Wildman–Crippen MR) is 119 cm³/mol. The number of likely N-dealkylation sites (tertiary alicyclic amines) is 1. The van der Waals surface area contributed by atoms with Crippen LogP contribution in [0.3, 0.4) is 0 Å². The van der Waals surface area contributed by atoms with Gasteiger partial charge in [-0.2, -0.15) is 0 Å². The molecule has 1 N–H and O–H groups in total. The summed E-state index contributed by atoms with van der Waals surface area (Å²) in [5.41, 5.74) is 2.37. The highest BCUT2D eigenvalue weighted by atomic mass is 16.5. The van der Waals surface area contributed by atoms with Gasteiger partial charge in [-0.3, -0.25) is 9.59 Å². The van der Waals surface area contributed by atoms with Crippen molar-refractivity contribution >= 4 is 17.4 Å². The van der Waals surface area contributed by atoms with Crippen molar-refractivity contribution in [2.75, 3.05) is 13.7 Å². The zero-order chi connectivity index (χ0) is 21.8. The van der Waals surface area contributed by atoms with E-state index in [1.165, 1.54) is 0 Å². The van der Waals surface area contributed by atoms with Crippen LogP contribution in [0.1, 0.15) is 22.7 Å². The highest BCUT2D eigenvalue weighted by Gasteiger charge is 2.45. The van der Waals surface area contributed by atoms with Crippen LogP contribution < -0.4 is 4.74 Å². The zero-order valence-corrected chi connectivity index (χ0v) is 17.2. The highest BCUT2D eigenvalue weighted by molar-refractivity contribution is 6.46. The summed E-state index contributed by atoms with van der Waals surface area (Å²) in [6.45, 7) is 0.349. The summed E-state index contributed by atoms with van der Waals surface area (Å²) in [5, 5.41) is 11.0. The van der Waals surface area contributed by atoms with Crippen LogP contribution in [0.15, 0.2) is 90.5 Å². The Kier molecular flexibility index (Phi) is 5.85. The van der Waals surface area contributed by atoms with Crippen molar-refractivity contribution in [3.63, 3.8) is 0 Å². The lowest BCUT2D eigenvalue weighted by Gasteiger charge is -2.25. The molecule has 0 radical (unpaired) electrons. The summed E-state index contributed by atoms with van der Waals surface area (Å²) in [6.07, 6.45) is 0.597. The van der Waals surface area contributed by atoms with Gasteiger partial charge in [0.2, 0.25) is 0 Å². The number of benzene rings is 3. The van der Waals surface area contributed by atoms with Gasteiger partial charge in [0, 0.05) is 12.1 Å². The molecule has 1 aliphatic rings. The van der Waals surface area contributed by atoms with Crippen LogP contribution in [0, 0.1) is 0 Å². The second-order valence-corrected chi connectivity index (χ2v) is 7.37. The van der Waals surface area contributed by atoms with Crippen molar-refractivity contribution in [2.24, 2.45) is 0 Å². The molecule has 1 atom stereocenters. The van der Waals surface area contributed by atoms with E-state index in [0.717, 1.165) is 5.56 Å². The van der Waals surface area contributed by atoms with Crippen molar-refractivity contribution in [3.05, 3.63) is 107 Å². The predicted octanol–water partition coefficient (Wildman–Crippen LogP) is 4.36. The molecule has 156 valence electrons. The Labute approximate surface area is 181 Å². The minimum atomic E-state index is -0.695. The second kappa shape index (κ2) is 8.88. The van der Waals surface area contributed by atoms with E-state index in [1.54, 1.807) is 48.4 Å². The van der Waals surface area contributed by atoms with Crippen molar-refractivity contribution in [1.29, 1.82) is 0 Å². The van der Waals surface area contributed by atoms with Crippen molar-refractivity contribution in [3.8, 4) is 5.75 Å². The smallest absolute Gasteiger partial charge is 0.295 e. The van der Waals surface area contributed by atoms with Gasteiger partial charge >= 0.3 is 0 Å². The molecular weight excluding hydrogens is 390 g/mol. The molecule has 0 saturated carbocycles. The third kappa shape index (κ3) is 4.08. The Morgan fingerprint density at radius 1 is 0.935 bits per heavy atom. The molecule has 0 aromatic heterocycles. The normalized spacial score (nSPS) is 17.7. The van der Waals surface area contributed by atoms with E-state index in [-0.39, 0.29) is 11.3 Å². The van der Waals surface area contributed by atoms with Gasteiger partial charge in [0.1, 0.15) is 11.5 Å². The molecule has 4 rings (SSSR count). The first-order valence-electron chi connectivity index (χ1n) is 10.1. The maximum Gasteiger partial charge on any atom is 0.295 e. The van der Waals surface area contributed by atoms with Gasteiger partial charge in [0.15, 0.2) is 0 Å². The maximum atomic E-state index is 13.0. The number of rotatable bonds is 6. The molecule has 1 fully saturated rings. The summed E-state index contributed by atoms with van der Waals surface area (Å²) in [5.74, 6) is -0.844. The summed E-state index contributed by atoms with van der Waals surface area (Å²) in [4.78, 5) is 27.6. The SMILES string of the molecule is COc1cccc(C2/C(=C(/O)c3ccccc3)C(=O)C(=O)N2CCc2ccccc2)c1. The standard InChI is InChI=1S/C26H23NO4/c1-31-21-14-8-13-20(17-21)23-22(24(28)19-11-6-3-7-12-19)25(29)26(30)27(23)16-15-18-9-4-2-5-10-18/h2-14,17,23,28H,15-16H2,1H3/b24-22-. The third-order valence-corrected chi connectivity index (χ3v) is 5.48. The summed E-state index contributed by atoms with van der Waals surface area (Å²) >= 11 is 0. The molecule has 3 aromatic carbocycles. The van der Waals surface area contributed by atoms with Crippen LogP contribution in [-0.2, 0) is 16.0 Å². The third-order valence-electron chi connectivity index (χ3n) is 5.48. The number of hydrogen-bond acceptors (Lipinski definition) is 4. The van der Waals surface area contributed by atoms with Gasteiger partial charge in [0.05, 0.1) is 18.7 Å². The molecule has 1 heterocycles. The zero-order valence-electron chi connectivity index (χ0n) is 17.2. The average molecular weight is 413 g/mol. The van der Waals surface area contributed by atoms with Crippen LogP contribution in [0.2, 0.25) is 0 Å². The van der Waals surface area contributed by atoms with Crippen molar-refractivity contribution in [2.45, 2.75) is 12.5 Å². The molecule has 1 aliphatic heterocycles. The first kappa shape index (κ1) is 20.4. The molecule has 5 heteroatoms. The van der Waals surface area contributed by atoms with Gasteiger partial charge < -0.3 is 14.7 Å². The Morgan fingerprint density at radius 3 is 2.29 bits per heavy atom. The second-order valence-electron chi connectivity index (χ2n) is 7.37. The number of ketones is 1. The average Bonchev–Trinajstić information content (AvgIpc) is 3.08. The lowest BCUT2D eigenvalue weighted by molar-refractivity contribution is -0.139. The number of nitrogens with zero attached hydrogens (tertiary/aromatic N) is 1. The lowest BCUT2D eigenvalue weighted by atomic mass is 9.95. The van der Waals surface area contributed by atoms with Crippen LogP contribution in [0.4, 0.5) is 0 Å². The molecule has 1 unspecified atom stereocenters. The van der Waals surface area contributed by atoms with E-state index in [2.05, 4.69) is 0 Å².